The summed E-state index contributed by atoms with van der Waals surface area (Å²) in [7, 11) is 1.28. The molecule has 4 nitrogen and oxygen atoms in total. The first kappa shape index (κ1) is 13.7. The molecule has 0 fully saturated rings. The van der Waals surface area contributed by atoms with Gasteiger partial charge in [-0.3, -0.25) is 4.68 Å². The Kier molecular flexibility index (Phi) is 3.36. The molecule has 1 aromatic heterocycles. The first-order valence-electron chi connectivity index (χ1n) is 4.50. The minimum Gasteiger partial charge on any atom is -0.256 e. The highest BCUT2D eigenvalue weighted by molar-refractivity contribution is 6.30. The Balaban J connectivity index is 3.57. The topological polar surface area (TPSA) is 47.2 Å². The van der Waals surface area contributed by atoms with Crippen LogP contribution in [0.3, 0.4) is 0 Å². The Morgan fingerprint density at radius 1 is 1.41 bits per heavy atom. The number of alkyl halides is 3. The average molecular weight is 268 g/mol. The van der Waals surface area contributed by atoms with E-state index in [9.17, 15) is 18.0 Å². The maximum atomic E-state index is 12.7. The lowest BCUT2D eigenvalue weighted by molar-refractivity contribution is -0.142. The standard InChI is InChI=1S/C9H9ClF3N3O/c1-8(2,14-4-17)5-6(9(11,12)13)15-16(3)7(5)10/h1-3H3. The van der Waals surface area contributed by atoms with Crippen LogP contribution in [0.4, 0.5) is 13.2 Å². The molecule has 0 bridgehead atoms. The molecule has 94 valence electrons. The summed E-state index contributed by atoms with van der Waals surface area (Å²) in [5.74, 6) is 0. The predicted octanol–water partition coefficient (Wildman–Crippen LogP) is 2.66. The van der Waals surface area contributed by atoms with Crippen molar-refractivity contribution in [1.29, 1.82) is 0 Å². The number of hydrogen-bond donors (Lipinski definition) is 0. The Morgan fingerprint density at radius 3 is 2.35 bits per heavy atom. The molecule has 1 heterocycles. The molecule has 0 aliphatic heterocycles. The van der Waals surface area contributed by atoms with Crippen molar-refractivity contribution in [2.45, 2.75) is 25.6 Å². The molecule has 0 radical (unpaired) electrons. The second kappa shape index (κ2) is 4.16. The summed E-state index contributed by atoms with van der Waals surface area (Å²) >= 11 is 5.75. The van der Waals surface area contributed by atoms with Gasteiger partial charge in [0, 0.05) is 12.6 Å². The number of aromatic nitrogens is 2. The number of halogens is 4. The van der Waals surface area contributed by atoms with Gasteiger partial charge in [0.2, 0.25) is 6.08 Å². The van der Waals surface area contributed by atoms with E-state index in [-0.39, 0.29) is 10.7 Å². The van der Waals surface area contributed by atoms with E-state index in [4.69, 9.17) is 11.6 Å². The monoisotopic (exact) mass is 267 g/mol. The second-order valence-electron chi connectivity index (χ2n) is 3.90. The van der Waals surface area contributed by atoms with E-state index in [1.54, 1.807) is 0 Å². The van der Waals surface area contributed by atoms with Crippen molar-refractivity contribution in [2.75, 3.05) is 0 Å². The fourth-order valence-corrected chi connectivity index (χ4v) is 1.77. The lowest BCUT2D eigenvalue weighted by atomic mass is 9.95. The normalized spacial score (nSPS) is 12.4. The summed E-state index contributed by atoms with van der Waals surface area (Å²) in [6.45, 7) is 2.66. The molecule has 0 saturated carbocycles. The highest BCUT2D eigenvalue weighted by Crippen LogP contribution is 2.40. The number of carbonyl (C=O) groups excluding carboxylic acids is 1. The van der Waals surface area contributed by atoms with E-state index in [1.165, 1.54) is 27.0 Å². The maximum Gasteiger partial charge on any atom is 0.435 e. The SMILES string of the molecule is Cn1nc(C(F)(F)F)c(C(C)(C)N=C=O)c1Cl. The molecule has 0 atom stereocenters. The third-order valence-corrected chi connectivity index (χ3v) is 2.62. The number of nitrogens with zero attached hydrogens (tertiary/aromatic N) is 3. The highest BCUT2D eigenvalue weighted by Gasteiger charge is 2.43. The molecule has 0 amide bonds. The zero-order valence-electron chi connectivity index (χ0n) is 9.26. The van der Waals surface area contributed by atoms with E-state index in [2.05, 4.69) is 10.1 Å². The van der Waals surface area contributed by atoms with Crippen LogP contribution in [0.5, 0.6) is 0 Å². The molecule has 1 aromatic rings. The molecule has 1 rings (SSSR count). The van der Waals surface area contributed by atoms with Crippen LogP contribution in [0.25, 0.3) is 0 Å². The maximum absolute atomic E-state index is 12.7. The summed E-state index contributed by atoms with van der Waals surface area (Å²) in [6, 6.07) is 0. The molecular weight excluding hydrogens is 259 g/mol. The molecule has 0 aliphatic carbocycles. The van der Waals surface area contributed by atoms with Gasteiger partial charge in [-0.1, -0.05) is 11.6 Å². The molecule has 0 N–H and O–H groups in total. The van der Waals surface area contributed by atoms with Gasteiger partial charge in [-0.05, 0) is 13.8 Å². The van der Waals surface area contributed by atoms with Crippen molar-refractivity contribution in [1.82, 2.24) is 9.78 Å². The Hall–Kier alpha value is -1.33. The fourth-order valence-electron chi connectivity index (χ4n) is 1.41. The Labute approximate surface area is 100 Å². The molecule has 0 unspecified atom stereocenters. The third-order valence-electron chi connectivity index (χ3n) is 2.18. The van der Waals surface area contributed by atoms with Crippen molar-refractivity contribution in [3.05, 3.63) is 16.4 Å². The molecule has 0 aromatic carbocycles. The largest absolute Gasteiger partial charge is 0.435 e. The van der Waals surface area contributed by atoms with Crippen LogP contribution in [0, 0.1) is 0 Å². The summed E-state index contributed by atoms with van der Waals surface area (Å²) in [5.41, 5.74) is -2.91. The zero-order valence-corrected chi connectivity index (χ0v) is 10.0. The van der Waals surface area contributed by atoms with E-state index in [0.717, 1.165) is 4.68 Å². The van der Waals surface area contributed by atoms with E-state index in [0.29, 0.717) is 0 Å². The quantitative estimate of drug-likeness (QED) is 0.611. The van der Waals surface area contributed by atoms with E-state index < -0.39 is 17.4 Å². The van der Waals surface area contributed by atoms with Gasteiger partial charge < -0.3 is 0 Å². The number of rotatable bonds is 2. The third kappa shape index (κ3) is 2.50. The van der Waals surface area contributed by atoms with Gasteiger partial charge in [0.05, 0.1) is 5.54 Å². The Morgan fingerprint density at radius 2 is 1.94 bits per heavy atom. The second-order valence-corrected chi connectivity index (χ2v) is 4.26. The number of aryl methyl sites for hydroxylation is 1. The van der Waals surface area contributed by atoms with Gasteiger partial charge in [0.25, 0.3) is 0 Å². The van der Waals surface area contributed by atoms with Crippen LogP contribution in [-0.4, -0.2) is 15.9 Å². The molecular formula is C9H9ClF3N3O. The van der Waals surface area contributed by atoms with Crippen molar-refractivity contribution in [2.24, 2.45) is 12.0 Å². The molecule has 8 heteroatoms. The van der Waals surface area contributed by atoms with Crippen LogP contribution >= 0.6 is 11.6 Å². The molecule has 0 spiro atoms. The summed E-state index contributed by atoms with van der Waals surface area (Å²) < 4.78 is 39.1. The number of isocyanates is 1. The lowest BCUT2D eigenvalue weighted by Crippen LogP contribution is -2.20. The minimum absolute atomic E-state index is 0.207. The number of aliphatic imine (C=N–C) groups is 1. The minimum atomic E-state index is -4.66. The molecule has 0 aliphatic rings. The van der Waals surface area contributed by atoms with Gasteiger partial charge in [-0.15, -0.1) is 0 Å². The van der Waals surface area contributed by atoms with E-state index >= 15 is 0 Å². The van der Waals surface area contributed by atoms with Crippen molar-refractivity contribution in [3.63, 3.8) is 0 Å². The van der Waals surface area contributed by atoms with Gasteiger partial charge in [0.1, 0.15) is 5.15 Å². The van der Waals surface area contributed by atoms with Crippen LogP contribution in [-0.2, 0) is 23.6 Å². The van der Waals surface area contributed by atoms with Crippen LogP contribution < -0.4 is 0 Å². The Bertz CT molecular complexity index is 486. The lowest BCUT2D eigenvalue weighted by Gasteiger charge is -2.18. The predicted molar refractivity (Wildman–Crippen MR) is 54.4 cm³/mol. The van der Waals surface area contributed by atoms with Crippen molar-refractivity contribution >= 4 is 17.7 Å². The first-order chi connectivity index (χ1) is 7.61. The highest BCUT2D eigenvalue weighted by atomic mass is 35.5. The van der Waals surface area contributed by atoms with Crippen LogP contribution in [0.15, 0.2) is 4.99 Å². The summed E-state index contributed by atoms with van der Waals surface area (Å²) in [6.07, 6.45) is -3.42. The van der Waals surface area contributed by atoms with Crippen LogP contribution in [0.1, 0.15) is 25.1 Å². The molecule has 0 saturated heterocycles. The zero-order chi connectivity index (χ0) is 13.4. The van der Waals surface area contributed by atoms with Crippen molar-refractivity contribution in [3.8, 4) is 0 Å². The van der Waals surface area contributed by atoms with Gasteiger partial charge >= 0.3 is 6.18 Å². The first-order valence-corrected chi connectivity index (χ1v) is 4.88. The summed E-state index contributed by atoms with van der Waals surface area (Å²) in [4.78, 5) is 13.6. The summed E-state index contributed by atoms with van der Waals surface area (Å²) in [5, 5.41) is 3.09. The van der Waals surface area contributed by atoms with Crippen LogP contribution in [0.2, 0.25) is 5.15 Å². The van der Waals surface area contributed by atoms with Crippen molar-refractivity contribution < 1.29 is 18.0 Å². The smallest absolute Gasteiger partial charge is 0.256 e. The van der Waals surface area contributed by atoms with Gasteiger partial charge in [0.15, 0.2) is 5.69 Å². The van der Waals surface area contributed by atoms with Gasteiger partial charge in [-0.25, -0.2) is 4.79 Å². The van der Waals surface area contributed by atoms with E-state index in [1.807, 2.05) is 0 Å². The van der Waals surface area contributed by atoms with Gasteiger partial charge in [-0.2, -0.15) is 23.3 Å². The molecule has 17 heavy (non-hydrogen) atoms. The average Bonchev–Trinajstić information content (AvgIpc) is 2.43. The fraction of sp³-hybridized carbons (Fsp3) is 0.556. The number of hydrogen-bond acceptors (Lipinski definition) is 3.